The van der Waals surface area contributed by atoms with E-state index in [1.807, 2.05) is 0 Å². The van der Waals surface area contributed by atoms with Crippen molar-refractivity contribution in [2.75, 3.05) is 13.2 Å². The molecule has 1 atom stereocenters. The van der Waals surface area contributed by atoms with Gasteiger partial charge in [0.1, 0.15) is 13.2 Å². The van der Waals surface area contributed by atoms with Crippen molar-refractivity contribution in [3.8, 4) is 0 Å². The maximum absolute atomic E-state index is 12.9. The molecule has 0 N–H and O–H groups in total. The van der Waals surface area contributed by atoms with Gasteiger partial charge < -0.3 is 14.2 Å². The van der Waals surface area contributed by atoms with Crippen LogP contribution >= 0.6 is 0 Å². The first-order valence-corrected chi connectivity index (χ1v) is 30.7. The van der Waals surface area contributed by atoms with E-state index in [4.69, 9.17) is 14.2 Å². The fraction of sp³-hybridized carbons (Fsp3) is 0.952. The molecule has 6 nitrogen and oxygen atoms in total. The number of unbranched alkanes of at least 4 members (excludes halogenated alkanes) is 41. The van der Waals surface area contributed by atoms with Crippen molar-refractivity contribution in [1.82, 2.24) is 0 Å². The van der Waals surface area contributed by atoms with E-state index in [0.29, 0.717) is 19.3 Å². The molecule has 0 heterocycles. The van der Waals surface area contributed by atoms with Crippen LogP contribution in [0.3, 0.4) is 0 Å². The fourth-order valence-corrected chi connectivity index (χ4v) is 9.58. The summed E-state index contributed by atoms with van der Waals surface area (Å²) < 4.78 is 16.9. The van der Waals surface area contributed by atoms with Gasteiger partial charge in [0, 0.05) is 19.3 Å². The molecule has 404 valence electrons. The van der Waals surface area contributed by atoms with Gasteiger partial charge in [0.15, 0.2) is 6.10 Å². The normalized spacial score (nSPS) is 12.0. The molecule has 0 fully saturated rings. The number of carbonyl (C=O) groups is 3. The lowest BCUT2D eigenvalue weighted by atomic mass is 10.0. The minimum Gasteiger partial charge on any atom is -0.462 e. The molecule has 0 radical (unpaired) electrons. The summed E-state index contributed by atoms with van der Waals surface area (Å²) in [6.07, 6.45) is 59.7. The molecule has 0 aliphatic rings. The van der Waals surface area contributed by atoms with Gasteiger partial charge >= 0.3 is 17.9 Å². The van der Waals surface area contributed by atoms with Crippen molar-refractivity contribution in [2.45, 2.75) is 355 Å². The second-order valence-electron chi connectivity index (χ2n) is 22.3. The van der Waals surface area contributed by atoms with Gasteiger partial charge in [-0.3, -0.25) is 14.4 Å². The highest BCUT2D eigenvalue weighted by atomic mass is 16.6. The molecule has 0 saturated carbocycles. The molecule has 0 rings (SSSR count). The van der Waals surface area contributed by atoms with Crippen LogP contribution in [0.5, 0.6) is 0 Å². The lowest BCUT2D eigenvalue weighted by molar-refractivity contribution is -0.167. The Morgan fingerprint density at radius 1 is 0.279 bits per heavy atom. The van der Waals surface area contributed by atoms with E-state index < -0.39 is 6.10 Å². The molecule has 0 spiro atoms. The first-order valence-electron chi connectivity index (χ1n) is 30.7. The van der Waals surface area contributed by atoms with Gasteiger partial charge in [0.2, 0.25) is 0 Å². The Kier molecular flexibility index (Phi) is 53.5. The Hall–Kier alpha value is -1.59. The number of hydrogen-bond donors (Lipinski definition) is 0. The minimum absolute atomic E-state index is 0.0627. The summed E-state index contributed by atoms with van der Waals surface area (Å²) in [5.41, 5.74) is 0. The SMILES string of the molecule is CCCCCCCCCCCCCCCCCCCCC(=O)OC[C@H](COC(=O)CCCCCCCCCCC(C)C)OC(=O)CCCCCCCCCCCCCCCCCCCCC(C)C. The van der Waals surface area contributed by atoms with Crippen molar-refractivity contribution < 1.29 is 28.6 Å². The Labute approximate surface area is 425 Å². The molecule has 0 amide bonds. The van der Waals surface area contributed by atoms with Crippen LogP contribution in [0, 0.1) is 11.8 Å². The first-order chi connectivity index (χ1) is 33.2. The van der Waals surface area contributed by atoms with Crippen LogP contribution in [0.15, 0.2) is 0 Å². The van der Waals surface area contributed by atoms with E-state index in [0.717, 1.165) is 69.6 Å². The third kappa shape index (κ3) is 55.3. The Balaban J connectivity index is 4.23. The largest absolute Gasteiger partial charge is 0.462 e. The van der Waals surface area contributed by atoms with Crippen LogP contribution in [0.2, 0.25) is 0 Å². The Bertz CT molecular complexity index is 1040. The van der Waals surface area contributed by atoms with E-state index in [-0.39, 0.29) is 31.1 Å². The van der Waals surface area contributed by atoms with Crippen molar-refractivity contribution in [3.05, 3.63) is 0 Å². The summed E-state index contributed by atoms with van der Waals surface area (Å²) >= 11 is 0. The highest BCUT2D eigenvalue weighted by Crippen LogP contribution is 2.19. The molecule has 0 aromatic carbocycles. The second kappa shape index (κ2) is 54.7. The van der Waals surface area contributed by atoms with Crippen LogP contribution in [-0.4, -0.2) is 37.2 Å². The van der Waals surface area contributed by atoms with E-state index in [9.17, 15) is 14.4 Å². The smallest absolute Gasteiger partial charge is 0.306 e. The molecular weight excluding hydrogens is 841 g/mol. The summed E-state index contributed by atoms with van der Waals surface area (Å²) in [5, 5.41) is 0. The van der Waals surface area contributed by atoms with Crippen LogP contribution in [-0.2, 0) is 28.6 Å². The molecule has 0 bridgehead atoms. The van der Waals surface area contributed by atoms with Gasteiger partial charge in [-0.2, -0.15) is 0 Å². The van der Waals surface area contributed by atoms with Gasteiger partial charge in [-0.15, -0.1) is 0 Å². The summed E-state index contributed by atoms with van der Waals surface area (Å²) in [6, 6.07) is 0. The van der Waals surface area contributed by atoms with E-state index >= 15 is 0 Å². The third-order valence-electron chi connectivity index (χ3n) is 14.2. The van der Waals surface area contributed by atoms with Crippen LogP contribution in [0.4, 0.5) is 0 Å². The molecule has 0 aromatic rings. The topological polar surface area (TPSA) is 78.9 Å². The Morgan fingerprint density at radius 2 is 0.485 bits per heavy atom. The van der Waals surface area contributed by atoms with Crippen LogP contribution in [0.1, 0.15) is 349 Å². The number of hydrogen-bond acceptors (Lipinski definition) is 6. The molecule has 0 aromatic heterocycles. The van der Waals surface area contributed by atoms with Gasteiger partial charge in [0.05, 0.1) is 0 Å². The van der Waals surface area contributed by atoms with E-state index in [2.05, 4.69) is 34.6 Å². The molecule has 0 aliphatic carbocycles. The highest BCUT2D eigenvalue weighted by molar-refractivity contribution is 5.71. The molecule has 68 heavy (non-hydrogen) atoms. The fourth-order valence-electron chi connectivity index (χ4n) is 9.58. The zero-order valence-electron chi connectivity index (χ0n) is 46.7. The van der Waals surface area contributed by atoms with Crippen LogP contribution < -0.4 is 0 Å². The van der Waals surface area contributed by atoms with Gasteiger partial charge in [-0.25, -0.2) is 0 Å². The average molecular weight is 962 g/mol. The molecule has 0 unspecified atom stereocenters. The average Bonchev–Trinajstić information content (AvgIpc) is 3.31. The maximum atomic E-state index is 12.9. The van der Waals surface area contributed by atoms with Crippen molar-refractivity contribution in [3.63, 3.8) is 0 Å². The number of esters is 3. The summed E-state index contributed by atoms with van der Waals surface area (Å²) in [4.78, 5) is 38.2. The molecular formula is C62H120O6. The highest BCUT2D eigenvalue weighted by Gasteiger charge is 2.19. The maximum Gasteiger partial charge on any atom is 0.306 e. The monoisotopic (exact) mass is 961 g/mol. The third-order valence-corrected chi connectivity index (χ3v) is 14.2. The van der Waals surface area contributed by atoms with Gasteiger partial charge in [0.25, 0.3) is 0 Å². The molecule has 0 aliphatic heterocycles. The predicted octanol–water partition coefficient (Wildman–Crippen LogP) is 20.4. The summed E-state index contributed by atoms with van der Waals surface area (Å²) in [5.74, 6) is 0.817. The summed E-state index contributed by atoms with van der Waals surface area (Å²) in [6.45, 7) is 11.4. The van der Waals surface area contributed by atoms with Crippen molar-refractivity contribution in [1.29, 1.82) is 0 Å². The number of carbonyl (C=O) groups excluding carboxylic acids is 3. The molecule has 0 saturated heterocycles. The minimum atomic E-state index is -0.763. The standard InChI is InChI=1S/C62H120O6/c1-6-7-8-9-10-11-12-13-14-15-19-22-25-28-31-37-42-47-52-60(63)66-55-59(56-67-61(64)53-48-43-38-34-33-36-41-46-51-58(4)5)68-62(65)54-49-44-39-32-29-26-23-20-17-16-18-21-24-27-30-35-40-45-50-57(2)3/h57-59H,6-56H2,1-5H3/t59-/m1/s1. The zero-order chi connectivity index (χ0) is 49.6. The lowest BCUT2D eigenvalue weighted by Crippen LogP contribution is -2.30. The molecule has 6 heteroatoms. The van der Waals surface area contributed by atoms with Crippen molar-refractivity contribution >= 4 is 17.9 Å². The van der Waals surface area contributed by atoms with E-state index in [1.54, 1.807) is 0 Å². The van der Waals surface area contributed by atoms with Gasteiger partial charge in [-0.05, 0) is 31.1 Å². The Morgan fingerprint density at radius 3 is 0.721 bits per heavy atom. The van der Waals surface area contributed by atoms with Crippen molar-refractivity contribution in [2.24, 2.45) is 11.8 Å². The van der Waals surface area contributed by atoms with Crippen LogP contribution in [0.25, 0.3) is 0 Å². The number of rotatable bonds is 56. The predicted molar refractivity (Wildman–Crippen MR) is 293 cm³/mol. The van der Waals surface area contributed by atoms with E-state index in [1.165, 1.54) is 238 Å². The zero-order valence-corrected chi connectivity index (χ0v) is 46.7. The number of ether oxygens (including phenoxy) is 3. The van der Waals surface area contributed by atoms with Gasteiger partial charge in [-0.1, -0.05) is 311 Å². The summed E-state index contributed by atoms with van der Waals surface area (Å²) in [7, 11) is 0. The second-order valence-corrected chi connectivity index (χ2v) is 22.3. The lowest BCUT2D eigenvalue weighted by Gasteiger charge is -2.18. The quantitative estimate of drug-likeness (QED) is 0.0343. The first kappa shape index (κ1) is 66.4.